The third-order valence-corrected chi connectivity index (χ3v) is 2.77. The number of amides is 1. The van der Waals surface area contributed by atoms with Crippen LogP contribution >= 0.6 is 0 Å². The fourth-order valence-corrected chi connectivity index (χ4v) is 1.51. The maximum absolute atomic E-state index is 12.1. The Bertz CT molecular complexity index is 381. The molecule has 1 unspecified atom stereocenters. The van der Waals surface area contributed by atoms with Gasteiger partial charge in [-0.3, -0.25) is 15.6 Å². The topological polar surface area (TPSA) is 71.2 Å². The number of hydrogen-bond acceptors (Lipinski definition) is 4. The molecule has 1 heterocycles. The number of nitrogens with one attached hydrogen (secondary N) is 1. The summed E-state index contributed by atoms with van der Waals surface area (Å²) in [5, 5.41) is 0. The lowest BCUT2D eigenvalue weighted by Crippen LogP contribution is -2.31. The number of anilines is 1. The molecule has 1 aromatic rings. The van der Waals surface area contributed by atoms with E-state index in [9.17, 15) is 4.79 Å². The van der Waals surface area contributed by atoms with Crippen LogP contribution in [0.2, 0.25) is 0 Å². The van der Waals surface area contributed by atoms with Crippen LogP contribution in [0.15, 0.2) is 18.3 Å². The number of aromatic nitrogens is 1. The summed E-state index contributed by atoms with van der Waals surface area (Å²) in [6.45, 7) is 4.96. The minimum atomic E-state index is -0.0811. The highest BCUT2D eigenvalue weighted by Gasteiger charge is 2.15. The van der Waals surface area contributed by atoms with Crippen LogP contribution in [-0.4, -0.2) is 29.4 Å². The zero-order valence-corrected chi connectivity index (χ0v) is 10.6. The number of hydrogen-bond donors (Lipinski definition) is 2. The molecule has 0 aliphatic heterocycles. The molecule has 1 rings (SSSR count). The van der Waals surface area contributed by atoms with Gasteiger partial charge in [-0.15, -0.1) is 0 Å². The monoisotopic (exact) mass is 236 g/mol. The highest BCUT2D eigenvalue weighted by molar-refractivity contribution is 5.92. The molecule has 0 aliphatic rings. The SMILES string of the molecule is CCC(C)CN(C)C(=O)c1cc(NN)ccn1. The molecule has 1 amide bonds. The van der Waals surface area contributed by atoms with Crippen molar-refractivity contribution in [2.24, 2.45) is 11.8 Å². The summed E-state index contributed by atoms with van der Waals surface area (Å²) in [4.78, 5) is 17.8. The molecule has 0 spiro atoms. The zero-order chi connectivity index (χ0) is 12.8. The molecule has 5 heteroatoms. The molecule has 5 nitrogen and oxygen atoms in total. The van der Waals surface area contributed by atoms with Crippen molar-refractivity contribution >= 4 is 11.6 Å². The molecule has 1 aromatic heterocycles. The van der Waals surface area contributed by atoms with Gasteiger partial charge in [-0.05, 0) is 18.1 Å². The van der Waals surface area contributed by atoms with Crippen LogP contribution in [0.5, 0.6) is 0 Å². The van der Waals surface area contributed by atoms with Crippen molar-refractivity contribution in [2.45, 2.75) is 20.3 Å². The van der Waals surface area contributed by atoms with Gasteiger partial charge in [-0.1, -0.05) is 20.3 Å². The molecule has 0 radical (unpaired) electrons. The Morgan fingerprint density at radius 3 is 2.94 bits per heavy atom. The van der Waals surface area contributed by atoms with Crippen molar-refractivity contribution in [1.29, 1.82) is 0 Å². The minimum absolute atomic E-state index is 0.0811. The number of carbonyl (C=O) groups is 1. The molecule has 0 saturated heterocycles. The summed E-state index contributed by atoms with van der Waals surface area (Å²) in [6, 6.07) is 3.36. The van der Waals surface area contributed by atoms with Gasteiger partial charge in [0.25, 0.3) is 5.91 Å². The Hall–Kier alpha value is -1.62. The average Bonchev–Trinajstić information content (AvgIpc) is 2.37. The first kappa shape index (κ1) is 13.4. The van der Waals surface area contributed by atoms with Gasteiger partial charge in [-0.25, -0.2) is 0 Å². The fourth-order valence-electron chi connectivity index (χ4n) is 1.51. The highest BCUT2D eigenvalue weighted by Crippen LogP contribution is 2.10. The van der Waals surface area contributed by atoms with Crippen molar-refractivity contribution in [1.82, 2.24) is 9.88 Å². The molecule has 0 saturated carbocycles. The quantitative estimate of drug-likeness (QED) is 0.600. The number of carbonyl (C=O) groups excluding carboxylic acids is 1. The molecule has 0 fully saturated rings. The van der Waals surface area contributed by atoms with E-state index in [0.29, 0.717) is 17.3 Å². The van der Waals surface area contributed by atoms with E-state index in [1.54, 1.807) is 30.3 Å². The number of hydrazine groups is 1. The predicted molar refractivity (Wildman–Crippen MR) is 68.5 cm³/mol. The van der Waals surface area contributed by atoms with E-state index in [1.807, 2.05) is 0 Å². The number of rotatable bonds is 5. The Morgan fingerprint density at radius 2 is 2.35 bits per heavy atom. The molecular formula is C12H20N4O. The van der Waals surface area contributed by atoms with E-state index < -0.39 is 0 Å². The molecule has 0 aromatic carbocycles. The predicted octanol–water partition coefficient (Wildman–Crippen LogP) is 1.49. The van der Waals surface area contributed by atoms with Crippen molar-refractivity contribution in [3.05, 3.63) is 24.0 Å². The lowest BCUT2D eigenvalue weighted by atomic mass is 10.1. The van der Waals surface area contributed by atoms with Crippen LogP contribution in [0.4, 0.5) is 5.69 Å². The number of nitrogen functional groups attached to an aromatic ring is 1. The summed E-state index contributed by atoms with van der Waals surface area (Å²) in [6.07, 6.45) is 2.62. The van der Waals surface area contributed by atoms with Gasteiger partial charge in [0.05, 0.1) is 5.69 Å². The van der Waals surface area contributed by atoms with Crippen molar-refractivity contribution in [2.75, 3.05) is 19.0 Å². The highest BCUT2D eigenvalue weighted by atomic mass is 16.2. The van der Waals surface area contributed by atoms with Gasteiger partial charge in [0, 0.05) is 19.8 Å². The number of nitrogens with zero attached hydrogens (tertiary/aromatic N) is 2. The second kappa shape index (κ2) is 6.20. The summed E-state index contributed by atoms with van der Waals surface area (Å²) in [5.41, 5.74) is 3.59. The minimum Gasteiger partial charge on any atom is -0.340 e. The Morgan fingerprint density at radius 1 is 1.65 bits per heavy atom. The molecule has 1 atom stereocenters. The van der Waals surface area contributed by atoms with Crippen LogP contribution in [0.1, 0.15) is 30.8 Å². The Kier molecular flexibility index (Phi) is 4.90. The molecule has 17 heavy (non-hydrogen) atoms. The van der Waals surface area contributed by atoms with E-state index in [2.05, 4.69) is 24.3 Å². The van der Waals surface area contributed by atoms with E-state index in [-0.39, 0.29) is 5.91 Å². The van der Waals surface area contributed by atoms with E-state index in [0.717, 1.165) is 13.0 Å². The van der Waals surface area contributed by atoms with Crippen LogP contribution < -0.4 is 11.3 Å². The maximum Gasteiger partial charge on any atom is 0.272 e. The Labute approximate surface area is 102 Å². The summed E-state index contributed by atoms with van der Waals surface area (Å²) in [7, 11) is 1.79. The second-order valence-electron chi connectivity index (χ2n) is 4.27. The smallest absolute Gasteiger partial charge is 0.272 e. The fraction of sp³-hybridized carbons (Fsp3) is 0.500. The van der Waals surface area contributed by atoms with Crippen molar-refractivity contribution < 1.29 is 4.79 Å². The third kappa shape index (κ3) is 3.71. The molecule has 0 aliphatic carbocycles. The Balaban J connectivity index is 2.74. The van der Waals surface area contributed by atoms with E-state index in [1.165, 1.54) is 0 Å². The first-order chi connectivity index (χ1) is 8.08. The normalized spacial score (nSPS) is 12.0. The second-order valence-corrected chi connectivity index (χ2v) is 4.27. The largest absolute Gasteiger partial charge is 0.340 e. The van der Waals surface area contributed by atoms with Crippen molar-refractivity contribution in [3.63, 3.8) is 0 Å². The first-order valence-electron chi connectivity index (χ1n) is 5.76. The summed E-state index contributed by atoms with van der Waals surface area (Å²) < 4.78 is 0. The number of pyridine rings is 1. The van der Waals surface area contributed by atoms with Gasteiger partial charge in [-0.2, -0.15) is 0 Å². The lowest BCUT2D eigenvalue weighted by molar-refractivity contribution is 0.0769. The van der Waals surface area contributed by atoms with Crippen LogP contribution in [-0.2, 0) is 0 Å². The van der Waals surface area contributed by atoms with E-state index in [4.69, 9.17) is 5.84 Å². The van der Waals surface area contributed by atoms with E-state index >= 15 is 0 Å². The zero-order valence-electron chi connectivity index (χ0n) is 10.6. The lowest BCUT2D eigenvalue weighted by Gasteiger charge is -2.20. The van der Waals surface area contributed by atoms with Crippen LogP contribution in [0.3, 0.4) is 0 Å². The van der Waals surface area contributed by atoms with Gasteiger partial charge >= 0.3 is 0 Å². The number of nitrogens with two attached hydrogens (primary N) is 1. The summed E-state index contributed by atoms with van der Waals surface area (Å²) in [5.74, 6) is 5.70. The molecule has 3 N–H and O–H groups in total. The molecule has 94 valence electrons. The van der Waals surface area contributed by atoms with Gasteiger partial charge in [0.15, 0.2) is 0 Å². The molecular weight excluding hydrogens is 216 g/mol. The van der Waals surface area contributed by atoms with Crippen molar-refractivity contribution in [3.8, 4) is 0 Å². The average molecular weight is 236 g/mol. The van der Waals surface area contributed by atoms with Gasteiger partial charge in [0.1, 0.15) is 5.69 Å². The maximum atomic E-state index is 12.1. The third-order valence-electron chi connectivity index (χ3n) is 2.77. The summed E-state index contributed by atoms with van der Waals surface area (Å²) >= 11 is 0. The van der Waals surface area contributed by atoms with Crippen LogP contribution in [0.25, 0.3) is 0 Å². The standard InChI is InChI=1S/C12H20N4O/c1-4-9(2)8-16(3)12(17)11-7-10(15-13)5-6-14-11/h5-7,9H,4,8,13H2,1-3H3,(H,14,15). The first-order valence-corrected chi connectivity index (χ1v) is 5.76. The van der Waals surface area contributed by atoms with Gasteiger partial charge < -0.3 is 10.3 Å². The van der Waals surface area contributed by atoms with Gasteiger partial charge in [0.2, 0.25) is 0 Å². The molecule has 0 bridgehead atoms. The van der Waals surface area contributed by atoms with Crippen LogP contribution in [0, 0.1) is 5.92 Å².